The molecule has 1 N–H and O–H groups in total. The van der Waals surface area contributed by atoms with Gasteiger partial charge in [-0.3, -0.25) is 4.79 Å². The molecule has 8 heteroatoms. The molecule has 1 unspecified atom stereocenters. The Morgan fingerprint density at radius 2 is 2.03 bits per heavy atom. The number of aromatic nitrogens is 2. The molecule has 0 bridgehead atoms. The van der Waals surface area contributed by atoms with Crippen LogP contribution in [-0.4, -0.2) is 40.7 Å². The molecule has 2 heterocycles. The number of carboxylic acid groups (broad SMARTS) is 1. The third-order valence-corrected chi connectivity index (χ3v) is 6.32. The number of nitrogens with zero attached hydrogens (tertiary/aromatic N) is 3. The molecular weight excluding hydrogens is 445 g/mol. The Labute approximate surface area is 199 Å². The summed E-state index contributed by atoms with van der Waals surface area (Å²) in [7, 11) is 0. The highest BCUT2D eigenvalue weighted by Gasteiger charge is 2.25. The monoisotopic (exact) mass is 473 g/mol. The molecule has 6 nitrogen and oxygen atoms in total. The van der Waals surface area contributed by atoms with Crippen molar-refractivity contribution >= 4 is 23.5 Å². The Bertz CT molecular complexity index is 998. The van der Waals surface area contributed by atoms with Crippen LogP contribution in [-0.2, 0) is 4.79 Å². The molecule has 33 heavy (non-hydrogen) atoms. The first-order valence-electron chi connectivity index (χ1n) is 11.2. The molecule has 1 aliphatic rings. The van der Waals surface area contributed by atoms with Crippen LogP contribution in [0, 0.1) is 29.5 Å². The van der Waals surface area contributed by atoms with Crippen LogP contribution in [0.3, 0.4) is 0 Å². The molecule has 0 saturated carbocycles. The Hall–Kier alpha value is -2.85. The quantitative estimate of drug-likeness (QED) is 0.506. The van der Waals surface area contributed by atoms with E-state index < -0.39 is 17.7 Å². The lowest BCUT2D eigenvalue weighted by Gasteiger charge is -2.34. The molecule has 1 saturated heterocycles. The molecule has 0 amide bonds. The van der Waals surface area contributed by atoms with Gasteiger partial charge in [0.15, 0.2) is 0 Å². The second kappa shape index (κ2) is 11.9. The standard InChI is InChI=1S/C25H29ClFN3O3/c1-3-4-19(13-24(31)32)22-6-5-21(14-23(22)27)33-12-9-17(2)18-7-10-30(11-8-18)25-28-15-20(26)16-29-25/h5-6,14-19H,7-13H2,1-2H3,(H,31,32)/t17-,19?/m1/s1. The van der Waals surface area contributed by atoms with Crippen LogP contribution >= 0.6 is 11.6 Å². The first-order chi connectivity index (χ1) is 15.9. The third-order valence-electron chi connectivity index (χ3n) is 6.12. The Morgan fingerprint density at radius 1 is 1.33 bits per heavy atom. The van der Waals surface area contributed by atoms with Crippen molar-refractivity contribution in [2.24, 2.45) is 11.8 Å². The lowest BCUT2D eigenvalue weighted by atomic mass is 9.84. The highest BCUT2D eigenvalue weighted by Crippen LogP contribution is 2.30. The summed E-state index contributed by atoms with van der Waals surface area (Å²) in [5.41, 5.74) is 0.281. The van der Waals surface area contributed by atoms with Gasteiger partial charge in [0.2, 0.25) is 5.95 Å². The molecule has 176 valence electrons. The number of anilines is 1. The summed E-state index contributed by atoms with van der Waals surface area (Å²) in [5, 5.41) is 9.58. The molecule has 3 rings (SSSR count). The van der Waals surface area contributed by atoms with Gasteiger partial charge in [-0.25, -0.2) is 14.4 Å². The normalized spacial score (nSPS) is 15.9. The maximum Gasteiger partial charge on any atom is 0.304 e. The number of aliphatic carboxylic acids is 1. The summed E-state index contributed by atoms with van der Waals surface area (Å²) in [6.07, 6.45) is 5.98. The van der Waals surface area contributed by atoms with E-state index in [4.69, 9.17) is 21.4 Å². The number of halogens is 2. The highest BCUT2D eigenvalue weighted by atomic mass is 35.5. The average molecular weight is 474 g/mol. The zero-order chi connectivity index (χ0) is 23.8. The fourth-order valence-electron chi connectivity index (χ4n) is 4.20. The van der Waals surface area contributed by atoms with Gasteiger partial charge < -0.3 is 14.7 Å². The second-order valence-electron chi connectivity index (χ2n) is 8.37. The van der Waals surface area contributed by atoms with Gasteiger partial charge in [-0.15, -0.1) is 5.92 Å². The molecule has 1 aromatic heterocycles. The van der Waals surface area contributed by atoms with Crippen molar-refractivity contribution in [2.75, 3.05) is 24.6 Å². The van der Waals surface area contributed by atoms with E-state index in [9.17, 15) is 9.18 Å². The first kappa shape index (κ1) is 24.8. The van der Waals surface area contributed by atoms with Crippen LogP contribution in [0.15, 0.2) is 30.6 Å². The number of carbonyl (C=O) groups is 1. The summed E-state index contributed by atoms with van der Waals surface area (Å²) in [6.45, 7) is 6.14. The minimum atomic E-state index is -1.01. The maximum absolute atomic E-state index is 14.6. The number of piperidine rings is 1. The molecule has 1 fully saturated rings. The highest BCUT2D eigenvalue weighted by molar-refractivity contribution is 6.30. The molecule has 2 aromatic rings. The van der Waals surface area contributed by atoms with Gasteiger partial charge in [-0.1, -0.05) is 30.5 Å². The lowest BCUT2D eigenvalue weighted by molar-refractivity contribution is -0.137. The minimum Gasteiger partial charge on any atom is -0.493 e. The van der Waals surface area contributed by atoms with Gasteiger partial charge in [0.1, 0.15) is 11.6 Å². The lowest BCUT2D eigenvalue weighted by Crippen LogP contribution is -2.36. The second-order valence-corrected chi connectivity index (χ2v) is 8.80. The van der Waals surface area contributed by atoms with Crippen LogP contribution in [0.1, 0.15) is 51.0 Å². The fourth-order valence-corrected chi connectivity index (χ4v) is 4.30. The van der Waals surface area contributed by atoms with Crippen molar-refractivity contribution in [3.63, 3.8) is 0 Å². The first-order valence-corrected chi connectivity index (χ1v) is 11.5. The number of hydrogen-bond donors (Lipinski definition) is 1. The van der Waals surface area contributed by atoms with Gasteiger partial charge >= 0.3 is 5.97 Å². The van der Waals surface area contributed by atoms with E-state index in [2.05, 4.69) is 33.6 Å². The largest absolute Gasteiger partial charge is 0.493 e. The zero-order valence-corrected chi connectivity index (χ0v) is 19.7. The predicted molar refractivity (Wildman–Crippen MR) is 126 cm³/mol. The molecule has 1 aromatic carbocycles. The van der Waals surface area contributed by atoms with E-state index in [0.29, 0.717) is 29.2 Å². The van der Waals surface area contributed by atoms with E-state index in [0.717, 1.165) is 38.3 Å². The van der Waals surface area contributed by atoms with Gasteiger partial charge in [-0.05, 0) is 44.1 Å². The van der Waals surface area contributed by atoms with Crippen LogP contribution < -0.4 is 9.64 Å². The van der Waals surface area contributed by atoms with Crippen LogP contribution in [0.2, 0.25) is 5.02 Å². The van der Waals surface area contributed by atoms with Crippen molar-refractivity contribution < 1.29 is 19.0 Å². The molecule has 2 atom stereocenters. The van der Waals surface area contributed by atoms with Crippen molar-refractivity contribution in [2.45, 2.75) is 45.4 Å². The maximum atomic E-state index is 14.6. The average Bonchev–Trinajstić information content (AvgIpc) is 2.79. The zero-order valence-electron chi connectivity index (χ0n) is 18.9. The summed E-state index contributed by atoms with van der Waals surface area (Å²) in [5.74, 6) is 5.49. The summed E-state index contributed by atoms with van der Waals surface area (Å²) >= 11 is 5.87. The van der Waals surface area contributed by atoms with Crippen molar-refractivity contribution in [1.29, 1.82) is 0 Å². The van der Waals surface area contributed by atoms with Gasteiger partial charge in [0.05, 0.1) is 36.4 Å². The molecule has 1 aliphatic heterocycles. The molecule has 0 radical (unpaired) electrons. The Balaban J connectivity index is 1.47. The van der Waals surface area contributed by atoms with Crippen LogP contribution in [0.5, 0.6) is 5.75 Å². The summed E-state index contributed by atoms with van der Waals surface area (Å²) in [4.78, 5) is 21.8. The van der Waals surface area contributed by atoms with Gasteiger partial charge in [0.25, 0.3) is 0 Å². The van der Waals surface area contributed by atoms with E-state index in [1.165, 1.54) is 6.07 Å². The van der Waals surface area contributed by atoms with Crippen LogP contribution in [0.25, 0.3) is 0 Å². The molecule has 0 spiro atoms. The van der Waals surface area contributed by atoms with E-state index in [1.807, 2.05) is 0 Å². The van der Waals surface area contributed by atoms with Crippen molar-refractivity contribution in [3.05, 3.63) is 47.0 Å². The van der Waals surface area contributed by atoms with E-state index >= 15 is 0 Å². The minimum absolute atomic E-state index is 0.238. The smallest absolute Gasteiger partial charge is 0.304 e. The SMILES string of the molecule is CC#CC(CC(=O)O)c1ccc(OCC[C@@H](C)C2CCN(c3ncc(Cl)cn3)CC2)cc1F. The summed E-state index contributed by atoms with van der Waals surface area (Å²) < 4.78 is 20.4. The van der Waals surface area contributed by atoms with E-state index in [1.54, 1.807) is 31.5 Å². The third kappa shape index (κ3) is 7.06. The number of rotatable bonds is 9. The van der Waals surface area contributed by atoms with E-state index in [-0.39, 0.29) is 12.0 Å². The van der Waals surface area contributed by atoms with Gasteiger partial charge in [0, 0.05) is 24.7 Å². The number of hydrogen-bond acceptors (Lipinski definition) is 5. The number of ether oxygens (including phenoxy) is 1. The molecular formula is C25H29ClFN3O3. The number of carboxylic acids is 1. The Kier molecular flexibility index (Phi) is 8.90. The van der Waals surface area contributed by atoms with Crippen LogP contribution in [0.4, 0.5) is 10.3 Å². The van der Waals surface area contributed by atoms with Crippen molar-refractivity contribution in [3.8, 4) is 17.6 Å². The summed E-state index contributed by atoms with van der Waals surface area (Å²) in [6, 6.07) is 4.57. The number of benzene rings is 1. The fraction of sp³-hybridized carbons (Fsp3) is 0.480. The topological polar surface area (TPSA) is 75.6 Å². The van der Waals surface area contributed by atoms with Crippen molar-refractivity contribution in [1.82, 2.24) is 9.97 Å². The molecule has 0 aliphatic carbocycles. The predicted octanol–water partition coefficient (Wildman–Crippen LogP) is 5.17. The Morgan fingerprint density at radius 3 is 2.64 bits per heavy atom. The van der Waals surface area contributed by atoms with Gasteiger partial charge in [-0.2, -0.15) is 0 Å².